The van der Waals surface area contributed by atoms with Gasteiger partial charge in [-0.15, -0.1) is 0 Å². The van der Waals surface area contributed by atoms with Crippen LogP contribution in [0.25, 0.3) is 10.9 Å². The van der Waals surface area contributed by atoms with Crippen molar-refractivity contribution in [2.45, 2.75) is 12.5 Å². The standard InChI is InChI=1S/C12H12FN5O/c13-7-2-1-3-8-10(7)11(17-12(15)16-8)18-5-6(14)4-9(18)19/h1-3,6H,4-5,14H2,(H2,15,16,17). The van der Waals surface area contributed by atoms with Gasteiger partial charge in [0.25, 0.3) is 0 Å². The van der Waals surface area contributed by atoms with E-state index in [4.69, 9.17) is 11.5 Å². The predicted molar refractivity (Wildman–Crippen MR) is 68.9 cm³/mol. The number of benzene rings is 1. The van der Waals surface area contributed by atoms with Crippen LogP contribution in [0.15, 0.2) is 18.2 Å². The van der Waals surface area contributed by atoms with Gasteiger partial charge in [0.15, 0.2) is 5.82 Å². The second-order valence-electron chi connectivity index (χ2n) is 4.51. The number of carbonyl (C=O) groups is 1. The van der Waals surface area contributed by atoms with Crippen molar-refractivity contribution in [1.29, 1.82) is 0 Å². The van der Waals surface area contributed by atoms with Crippen LogP contribution in [0.1, 0.15) is 6.42 Å². The molecule has 4 N–H and O–H groups in total. The highest BCUT2D eigenvalue weighted by molar-refractivity contribution is 6.03. The number of hydrogen-bond donors (Lipinski definition) is 2. The molecule has 2 heterocycles. The fourth-order valence-electron chi connectivity index (χ4n) is 2.28. The number of nitrogen functional groups attached to an aromatic ring is 1. The molecule has 1 aliphatic heterocycles. The minimum absolute atomic E-state index is 0.00127. The summed E-state index contributed by atoms with van der Waals surface area (Å²) in [7, 11) is 0. The number of halogens is 1. The van der Waals surface area contributed by atoms with Gasteiger partial charge in [-0.1, -0.05) is 6.07 Å². The fourth-order valence-corrected chi connectivity index (χ4v) is 2.28. The van der Waals surface area contributed by atoms with Gasteiger partial charge < -0.3 is 11.5 Å². The van der Waals surface area contributed by atoms with Gasteiger partial charge in [0.2, 0.25) is 11.9 Å². The maximum absolute atomic E-state index is 14.0. The van der Waals surface area contributed by atoms with Crippen molar-refractivity contribution in [3.8, 4) is 0 Å². The van der Waals surface area contributed by atoms with Crippen LogP contribution in [0, 0.1) is 5.82 Å². The van der Waals surface area contributed by atoms with E-state index in [0.29, 0.717) is 12.1 Å². The average Bonchev–Trinajstić information content (AvgIpc) is 2.67. The lowest BCUT2D eigenvalue weighted by molar-refractivity contribution is -0.117. The molecule has 1 aromatic heterocycles. The third kappa shape index (κ3) is 1.88. The van der Waals surface area contributed by atoms with Gasteiger partial charge in [-0.25, -0.2) is 9.37 Å². The van der Waals surface area contributed by atoms with Gasteiger partial charge in [0.1, 0.15) is 5.82 Å². The molecule has 98 valence electrons. The molecule has 1 unspecified atom stereocenters. The van der Waals surface area contributed by atoms with E-state index < -0.39 is 5.82 Å². The van der Waals surface area contributed by atoms with Crippen LogP contribution >= 0.6 is 0 Å². The van der Waals surface area contributed by atoms with Gasteiger partial charge in [-0.3, -0.25) is 9.69 Å². The first kappa shape index (κ1) is 11.8. The molecule has 1 aromatic carbocycles. The smallest absolute Gasteiger partial charge is 0.229 e. The van der Waals surface area contributed by atoms with E-state index in [1.54, 1.807) is 6.07 Å². The van der Waals surface area contributed by atoms with Gasteiger partial charge in [-0.2, -0.15) is 4.98 Å². The zero-order chi connectivity index (χ0) is 13.6. The van der Waals surface area contributed by atoms with Crippen molar-refractivity contribution >= 4 is 28.6 Å². The Bertz CT molecular complexity index is 674. The van der Waals surface area contributed by atoms with Crippen molar-refractivity contribution in [2.24, 2.45) is 5.73 Å². The molecule has 0 aliphatic carbocycles. The maximum Gasteiger partial charge on any atom is 0.229 e. The summed E-state index contributed by atoms with van der Waals surface area (Å²) in [6.45, 7) is 0.304. The Morgan fingerprint density at radius 2 is 2.16 bits per heavy atom. The molecule has 7 heteroatoms. The van der Waals surface area contributed by atoms with Crippen LogP contribution in [0.3, 0.4) is 0 Å². The number of nitrogens with two attached hydrogens (primary N) is 2. The Morgan fingerprint density at radius 1 is 1.37 bits per heavy atom. The van der Waals surface area contributed by atoms with E-state index in [9.17, 15) is 9.18 Å². The summed E-state index contributed by atoms with van der Waals surface area (Å²) in [6.07, 6.45) is 0.222. The molecular formula is C12H12FN5O. The number of nitrogens with zero attached hydrogens (tertiary/aromatic N) is 3. The minimum atomic E-state index is -0.485. The molecule has 0 bridgehead atoms. The van der Waals surface area contributed by atoms with Gasteiger partial charge in [-0.05, 0) is 12.1 Å². The fraction of sp³-hybridized carbons (Fsp3) is 0.250. The second-order valence-corrected chi connectivity index (χ2v) is 4.51. The van der Waals surface area contributed by atoms with Gasteiger partial charge in [0.05, 0.1) is 10.9 Å². The van der Waals surface area contributed by atoms with Crippen molar-refractivity contribution in [3.05, 3.63) is 24.0 Å². The molecule has 1 saturated heterocycles. The summed E-state index contributed by atoms with van der Waals surface area (Å²) in [5.41, 5.74) is 11.7. The maximum atomic E-state index is 14.0. The largest absolute Gasteiger partial charge is 0.368 e. The lowest BCUT2D eigenvalue weighted by Gasteiger charge is -2.17. The normalized spacial score (nSPS) is 19.4. The highest BCUT2D eigenvalue weighted by Gasteiger charge is 2.31. The van der Waals surface area contributed by atoms with Crippen molar-refractivity contribution in [3.63, 3.8) is 0 Å². The lowest BCUT2D eigenvalue weighted by Crippen LogP contribution is -2.29. The minimum Gasteiger partial charge on any atom is -0.368 e. The number of fused-ring (bicyclic) bond motifs is 1. The van der Waals surface area contributed by atoms with Crippen molar-refractivity contribution in [2.75, 3.05) is 17.2 Å². The van der Waals surface area contributed by atoms with E-state index in [1.807, 2.05) is 0 Å². The number of aromatic nitrogens is 2. The quantitative estimate of drug-likeness (QED) is 0.775. The van der Waals surface area contributed by atoms with E-state index in [-0.39, 0.29) is 35.5 Å². The third-order valence-electron chi connectivity index (χ3n) is 3.08. The molecule has 2 aromatic rings. The average molecular weight is 261 g/mol. The number of anilines is 2. The molecule has 1 aliphatic rings. The summed E-state index contributed by atoms with van der Waals surface area (Å²) < 4.78 is 14.0. The van der Waals surface area contributed by atoms with Crippen LogP contribution in [0.4, 0.5) is 16.2 Å². The monoisotopic (exact) mass is 261 g/mol. The Hall–Kier alpha value is -2.28. The van der Waals surface area contributed by atoms with Crippen LogP contribution < -0.4 is 16.4 Å². The zero-order valence-corrected chi connectivity index (χ0v) is 10.0. The van der Waals surface area contributed by atoms with E-state index in [2.05, 4.69) is 9.97 Å². The molecule has 0 spiro atoms. The van der Waals surface area contributed by atoms with Crippen LogP contribution in [0.5, 0.6) is 0 Å². The summed E-state index contributed by atoms with van der Waals surface area (Å²) in [5.74, 6) is -0.476. The van der Waals surface area contributed by atoms with E-state index in [1.165, 1.54) is 17.0 Å². The summed E-state index contributed by atoms with van der Waals surface area (Å²) in [5, 5.41) is 0.194. The third-order valence-corrected chi connectivity index (χ3v) is 3.08. The van der Waals surface area contributed by atoms with Crippen molar-refractivity contribution < 1.29 is 9.18 Å². The summed E-state index contributed by atoms with van der Waals surface area (Å²) in [6, 6.07) is 4.18. The molecule has 1 amide bonds. The number of hydrogen-bond acceptors (Lipinski definition) is 5. The Labute approximate surface area is 108 Å². The topological polar surface area (TPSA) is 98.1 Å². The SMILES string of the molecule is Nc1nc(N2CC(N)CC2=O)c2c(F)cccc2n1. The predicted octanol–water partition coefficient (Wildman–Crippen LogP) is 0.415. The van der Waals surface area contributed by atoms with Crippen molar-refractivity contribution in [1.82, 2.24) is 9.97 Å². The first-order chi connectivity index (χ1) is 9.06. The molecule has 3 rings (SSSR count). The molecule has 1 atom stereocenters. The number of rotatable bonds is 1. The molecule has 19 heavy (non-hydrogen) atoms. The Kier molecular flexibility index (Phi) is 2.56. The Morgan fingerprint density at radius 3 is 2.84 bits per heavy atom. The second kappa shape index (κ2) is 4.13. The highest BCUT2D eigenvalue weighted by Crippen LogP contribution is 2.29. The molecule has 0 radical (unpaired) electrons. The molecular weight excluding hydrogens is 249 g/mol. The highest BCUT2D eigenvalue weighted by atomic mass is 19.1. The Balaban J connectivity index is 2.25. The van der Waals surface area contributed by atoms with Gasteiger partial charge in [0, 0.05) is 19.0 Å². The van der Waals surface area contributed by atoms with Gasteiger partial charge >= 0.3 is 0 Å². The molecule has 0 saturated carbocycles. The first-order valence-corrected chi connectivity index (χ1v) is 5.84. The summed E-state index contributed by atoms with van der Waals surface area (Å²) >= 11 is 0. The summed E-state index contributed by atoms with van der Waals surface area (Å²) in [4.78, 5) is 21.2. The molecule has 1 fully saturated rings. The lowest BCUT2D eigenvalue weighted by atomic mass is 10.2. The number of amides is 1. The molecule has 6 nitrogen and oxygen atoms in total. The number of carbonyl (C=O) groups excluding carboxylic acids is 1. The first-order valence-electron chi connectivity index (χ1n) is 5.84. The van der Waals surface area contributed by atoms with Crippen LogP contribution in [-0.2, 0) is 4.79 Å². The van der Waals surface area contributed by atoms with E-state index in [0.717, 1.165) is 0 Å². The van der Waals surface area contributed by atoms with E-state index >= 15 is 0 Å². The zero-order valence-electron chi connectivity index (χ0n) is 10.0. The van der Waals surface area contributed by atoms with Crippen LogP contribution in [-0.4, -0.2) is 28.5 Å². The van der Waals surface area contributed by atoms with Crippen LogP contribution in [0.2, 0.25) is 0 Å².